The van der Waals surface area contributed by atoms with Gasteiger partial charge in [0.05, 0.1) is 6.21 Å². The molecule has 0 saturated heterocycles. The number of benzene rings is 1. The molecule has 2 rings (SSSR count). The number of furan rings is 1. The highest BCUT2D eigenvalue weighted by Crippen LogP contribution is 2.09. The van der Waals surface area contributed by atoms with Crippen molar-refractivity contribution < 1.29 is 9.21 Å². The van der Waals surface area contributed by atoms with Gasteiger partial charge in [-0.1, -0.05) is 11.6 Å². The van der Waals surface area contributed by atoms with Gasteiger partial charge in [-0.2, -0.15) is 5.10 Å². The van der Waals surface area contributed by atoms with E-state index < -0.39 is 0 Å². The van der Waals surface area contributed by atoms with Crippen molar-refractivity contribution in [3.63, 3.8) is 0 Å². The van der Waals surface area contributed by atoms with Crippen molar-refractivity contribution in [2.45, 2.75) is 6.92 Å². The Kier molecular flexibility index (Phi) is 3.79. The number of carbonyl (C=O) groups excluding carboxylic acids is 1. The van der Waals surface area contributed by atoms with E-state index in [9.17, 15) is 4.79 Å². The number of hydrazone groups is 1. The minimum absolute atomic E-state index is 0.300. The Hall–Kier alpha value is -2.07. The average molecular weight is 263 g/mol. The maximum atomic E-state index is 11.7. The Balaban J connectivity index is 1.96. The maximum Gasteiger partial charge on any atom is 0.271 e. The normalized spacial score (nSPS) is 10.8. The quantitative estimate of drug-likeness (QED) is 0.683. The third-order valence-corrected chi connectivity index (χ3v) is 2.48. The van der Waals surface area contributed by atoms with E-state index in [1.54, 1.807) is 30.3 Å². The van der Waals surface area contributed by atoms with Crippen LogP contribution in [0.1, 0.15) is 21.9 Å². The third kappa shape index (κ3) is 3.21. The summed E-state index contributed by atoms with van der Waals surface area (Å²) >= 11 is 5.73. The molecule has 0 aliphatic rings. The molecule has 1 N–H and O–H groups in total. The molecule has 0 radical (unpaired) electrons. The van der Waals surface area contributed by atoms with Gasteiger partial charge >= 0.3 is 0 Å². The number of nitrogens with one attached hydrogen (secondary N) is 1. The average Bonchev–Trinajstić information content (AvgIpc) is 2.76. The molecule has 5 heteroatoms. The first-order valence-corrected chi connectivity index (χ1v) is 5.68. The molecule has 1 heterocycles. The second-order valence-electron chi connectivity index (χ2n) is 3.65. The van der Waals surface area contributed by atoms with Crippen LogP contribution >= 0.6 is 11.6 Å². The van der Waals surface area contributed by atoms with Gasteiger partial charge in [0, 0.05) is 10.6 Å². The fourth-order valence-electron chi connectivity index (χ4n) is 1.34. The molecule has 18 heavy (non-hydrogen) atoms. The third-order valence-electron chi connectivity index (χ3n) is 2.23. The molecule has 0 atom stereocenters. The Morgan fingerprint density at radius 1 is 1.28 bits per heavy atom. The van der Waals surface area contributed by atoms with Crippen molar-refractivity contribution in [2.24, 2.45) is 5.10 Å². The molecule has 1 amide bonds. The van der Waals surface area contributed by atoms with Crippen LogP contribution in [0, 0.1) is 6.92 Å². The first-order chi connectivity index (χ1) is 8.65. The van der Waals surface area contributed by atoms with E-state index in [0.29, 0.717) is 16.3 Å². The lowest BCUT2D eigenvalue weighted by Crippen LogP contribution is -2.17. The fourth-order valence-corrected chi connectivity index (χ4v) is 1.47. The van der Waals surface area contributed by atoms with Crippen LogP contribution < -0.4 is 5.43 Å². The summed E-state index contributed by atoms with van der Waals surface area (Å²) in [6.07, 6.45) is 1.45. The molecular formula is C13H11ClN2O2. The van der Waals surface area contributed by atoms with Gasteiger partial charge in [-0.25, -0.2) is 5.43 Å². The zero-order valence-corrected chi connectivity index (χ0v) is 10.4. The second-order valence-corrected chi connectivity index (χ2v) is 4.09. The van der Waals surface area contributed by atoms with Crippen LogP contribution in [0.15, 0.2) is 45.9 Å². The molecule has 2 aromatic rings. The molecule has 4 nitrogen and oxygen atoms in total. The van der Waals surface area contributed by atoms with Crippen LogP contribution in [0.25, 0.3) is 0 Å². The van der Waals surface area contributed by atoms with Crippen LogP contribution in [-0.4, -0.2) is 12.1 Å². The van der Waals surface area contributed by atoms with Gasteiger partial charge in [0.15, 0.2) is 0 Å². The van der Waals surface area contributed by atoms with Crippen LogP contribution in [0.2, 0.25) is 5.02 Å². The van der Waals surface area contributed by atoms with Gasteiger partial charge in [0.2, 0.25) is 0 Å². The lowest BCUT2D eigenvalue weighted by molar-refractivity contribution is 0.0955. The summed E-state index contributed by atoms with van der Waals surface area (Å²) in [5, 5.41) is 4.39. The maximum absolute atomic E-state index is 11.7. The highest BCUT2D eigenvalue weighted by molar-refractivity contribution is 6.30. The van der Waals surface area contributed by atoms with Gasteiger partial charge in [0.1, 0.15) is 11.5 Å². The largest absolute Gasteiger partial charge is 0.460 e. The van der Waals surface area contributed by atoms with Gasteiger partial charge in [-0.05, 0) is 43.3 Å². The highest BCUT2D eigenvalue weighted by atomic mass is 35.5. The van der Waals surface area contributed by atoms with E-state index in [2.05, 4.69) is 10.5 Å². The first kappa shape index (κ1) is 12.4. The summed E-state index contributed by atoms with van der Waals surface area (Å²) in [5.74, 6) is 1.08. The number of aryl methyl sites for hydroxylation is 1. The van der Waals surface area contributed by atoms with E-state index in [-0.39, 0.29) is 5.91 Å². The van der Waals surface area contributed by atoms with E-state index in [0.717, 1.165) is 5.76 Å². The van der Waals surface area contributed by atoms with Gasteiger partial charge in [0.25, 0.3) is 5.91 Å². The lowest BCUT2D eigenvalue weighted by atomic mass is 10.2. The second kappa shape index (κ2) is 5.51. The first-order valence-electron chi connectivity index (χ1n) is 5.30. The lowest BCUT2D eigenvalue weighted by Gasteiger charge is -1.98. The molecule has 92 valence electrons. The van der Waals surface area contributed by atoms with Crippen LogP contribution in [0.3, 0.4) is 0 Å². The van der Waals surface area contributed by atoms with E-state index in [1.165, 1.54) is 6.21 Å². The number of nitrogens with zero attached hydrogens (tertiary/aromatic N) is 1. The minimum Gasteiger partial charge on any atom is -0.460 e. The molecule has 0 fully saturated rings. The monoisotopic (exact) mass is 262 g/mol. The van der Waals surface area contributed by atoms with E-state index in [4.69, 9.17) is 16.0 Å². The van der Waals surface area contributed by atoms with Crippen molar-refractivity contribution >= 4 is 23.7 Å². The summed E-state index contributed by atoms with van der Waals surface area (Å²) in [5.41, 5.74) is 2.90. The fraction of sp³-hybridized carbons (Fsp3) is 0.0769. The smallest absolute Gasteiger partial charge is 0.271 e. The number of halogens is 1. The van der Waals surface area contributed by atoms with Gasteiger partial charge < -0.3 is 4.42 Å². The zero-order valence-electron chi connectivity index (χ0n) is 9.68. The highest BCUT2D eigenvalue weighted by Gasteiger charge is 2.03. The zero-order chi connectivity index (χ0) is 13.0. The van der Waals surface area contributed by atoms with E-state index in [1.807, 2.05) is 13.0 Å². The van der Waals surface area contributed by atoms with E-state index >= 15 is 0 Å². The van der Waals surface area contributed by atoms with Crippen molar-refractivity contribution in [3.8, 4) is 0 Å². The number of hydrogen-bond donors (Lipinski definition) is 1. The summed E-state index contributed by atoms with van der Waals surface area (Å²) in [6.45, 7) is 1.84. The van der Waals surface area contributed by atoms with Crippen LogP contribution in [0.5, 0.6) is 0 Å². The molecule has 0 aliphatic heterocycles. The number of amides is 1. The predicted octanol–water partition coefficient (Wildman–Crippen LogP) is 3.01. The Morgan fingerprint density at radius 3 is 2.61 bits per heavy atom. The number of hydrogen-bond acceptors (Lipinski definition) is 3. The minimum atomic E-state index is -0.300. The van der Waals surface area contributed by atoms with Crippen LogP contribution in [0.4, 0.5) is 0 Å². The molecule has 1 aromatic carbocycles. The number of carbonyl (C=O) groups is 1. The van der Waals surface area contributed by atoms with Crippen LogP contribution in [-0.2, 0) is 0 Å². The molecular weight excluding hydrogens is 252 g/mol. The predicted molar refractivity (Wildman–Crippen MR) is 70.0 cm³/mol. The SMILES string of the molecule is Cc1ccc(/C=N\NC(=O)c2ccc(Cl)cc2)o1. The topological polar surface area (TPSA) is 54.6 Å². The Morgan fingerprint density at radius 2 is 2.00 bits per heavy atom. The van der Waals surface area contributed by atoms with Crippen molar-refractivity contribution in [3.05, 3.63) is 58.5 Å². The summed E-state index contributed by atoms with van der Waals surface area (Å²) in [7, 11) is 0. The molecule has 0 saturated carbocycles. The van der Waals surface area contributed by atoms with Crippen molar-refractivity contribution in [1.82, 2.24) is 5.43 Å². The standard InChI is InChI=1S/C13H11ClN2O2/c1-9-2-7-12(18-9)8-15-16-13(17)10-3-5-11(14)6-4-10/h2-8H,1H3,(H,16,17)/b15-8-. The summed E-state index contributed by atoms with van der Waals surface area (Å²) in [6, 6.07) is 10.1. The van der Waals surface area contributed by atoms with Gasteiger partial charge in [-0.15, -0.1) is 0 Å². The summed E-state index contributed by atoms with van der Waals surface area (Å²) in [4.78, 5) is 11.7. The molecule has 0 spiro atoms. The van der Waals surface area contributed by atoms with Crippen molar-refractivity contribution in [1.29, 1.82) is 0 Å². The molecule has 0 aliphatic carbocycles. The van der Waals surface area contributed by atoms with Gasteiger partial charge in [-0.3, -0.25) is 4.79 Å². The Bertz CT molecular complexity index is 573. The number of rotatable bonds is 3. The summed E-state index contributed by atoms with van der Waals surface area (Å²) < 4.78 is 5.27. The van der Waals surface area contributed by atoms with Crippen molar-refractivity contribution in [2.75, 3.05) is 0 Å². The Labute approximate surface area is 109 Å². The molecule has 0 unspecified atom stereocenters. The molecule has 1 aromatic heterocycles. The molecule has 0 bridgehead atoms.